The molecule has 1 aliphatic heterocycles. The molecule has 0 aliphatic carbocycles. The summed E-state index contributed by atoms with van der Waals surface area (Å²) in [5, 5.41) is 12.0. The highest BCUT2D eigenvalue weighted by Crippen LogP contribution is 2.16. The molecular weight excluding hydrogens is 220 g/mol. The van der Waals surface area contributed by atoms with Crippen molar-refractivity contribution in [2.45, 2.75) is 26.7 Å². The molecule has 0 radical (unpaired) electrons. The standard InChI is InChI=1S/C12H22N2O3/c1-9(2)7-13-8-11(15)14-5-3-10(4-6-14)12(16)17/h9-10,13H,3-8H2,1-2H3,(H,16,17). The normalized spacial score (nSPS) is 17.5. The van der Waals surface area contributed by atoms with Crippen molar-refractivity contribution < 1.29 is 14.7 Å². The first-order valence-corrected chi connectivity index (χ1v) is 6.22. The fraction of sp³-hybridized carbons (Fsp3) is 0.833. The third-order valence-electron chi connectivity index (χ3n) is 3.03. The lowest BCUT2D eigenvalue weighted by molar-refractivity contribution is -0.145. The molecule has 0 aromatic carbocycles. The number of amides is 1. The van der Waals surface area contributed by atoms with E-state index in [9.17, 15) is 9.59 Å². The molecule has 5 nitrogen and oxygen atoms in total. The number of carboxylic acid groups (broad SMARTS) is 1. The number of nitrogens with one attached hydrogen (secondary N) is 1. The van der Waals surface area contributed by atoms with Crippen LogP contribution in [0.5, 0.6) is 0 Å². The van der Waals surface area contributed by atoms with Crippen LogP contribution in [-0.2, 0) is 9.59 Å². The van der Waals surface area contributed by atoms with Gasteiger partial charge in [0.15, 0.2) is 0 Å². The first kappa shape index (κ1) is 14.0. The Kier molecular flexibility index (Phi) is 5.41. The lowest BCUT2D eigenvalue weighted by Gasteiger charge is -2.30. The van der Waals surface area contributed by atoms with Crippen LogP contribution in [0.3, 0.4) is 0 Å². The van der Waals surface area contributed by atoms with Crippen molar-refractivity contribution in [3.63, 3.8) is 0 Å². The van der Waals surface area contributed by atoms with Crippen LogP contribution < -0.4 is 5.32 Å². The third kappa shape index (κ3) is 4.73. The van der Waals surface area contributed by atoms with Crippen molar-refractivity contribution in [2.24, 2.45) is 11.8 Å². The Hall–Kier alpha value is -1.10. The largest absolute Gasteiger partial charge is 0.481 e. The summed E-state index contributed by atoms with van der Waals surface area (Å²) < 4.78 is 0. The summed E-state index contributed by atoms with van der Waals surface area (Å²) in [5.74, 6) is -0.409. The molecule has 0 bridgehead atoms. The lowest BCUT2D eigenvalue weighted by atomic mass is 9.97. The quantitative estimate of drug-likeness (QED) is 0.739. The van der Waals surface area contributed by atoms with Crippen molar-refractivity contribution in [1.82, 2.24) is 10.2 Å². The zero-order valence-corrected chi connectivity index (χ0v) is 10.6. The minimum absolute atomic E-state index is 0.0782. The highest BCUT2D eigenvalue weighted by molar-refractivity contribution is 5.78. The van der Waals surface area contributed by atoms with E-state index in [1.165, 1.54) is 0 Å². The van der Waals surface area contributed by atoms with Gasteiger partial charge < -0.3 is 15.3 Å². The van der Waals surface area contributed by atoms with E-state index in [4.69, 9.17) is 5.11 Å². The van der Waals surface area contributed by atoms with E-state index in [1.54, 1.807) is 4.90 Å². The zero-order valence-electron chi connectivity index (χ0n) is 10.6. The lowest BCUT2D eigenvalue weighted by Crippen LogP contribution is -2.44. The molecule has 1 amide bonds. The zero-order chi connectivity index (χ0) is 12.8. The maximum Gasteiger partial charge on any atom is 0.306 e. The molecule has 98 valence electrons. The highest BCUT2D eigenvalue weighted by Gasteiger charge is 2.26. The number of piperidine rings is 1. The van der Waals surface area contributed by atoms with Crippen LogP contribution in [0.1, 0.15) is 26.7 Å². The van der Waals surface area contributed by atoms with Gasteiger partial charge in [0.25, 0.3) is 0 Å². The predicted octanol–water partition coefficient (Wildman–Crippen LogP) is 0.555. The van der Waals surface area contributed by atoms with Crippen molar-refractivity contribution >= 4 is 11.9 Å². The van der Waals surface area contributed by atoms with Gasteiger partial charge in [0.05, 0.1) is 12.5 Å². The van der Waals surface area contributed by atoms with Crippen LogP contribution in [-0.4, -0.2) is 48.1 Å². The van der Waals surface area contributed by atoms with Crippen molar-refractivity contribution in [3.05, 3.63) is 0 Å². The van der Waals surface area contributed by atoms with Crippen molar-refractivity contribution in [3.8, 4) is 0 Å². The van der Waals surface area contributed by atoms with Gasteiger partial charge in [-0.1, -0.05) is 13.8 Å². The summed E-state index contributed by atoms with van der Waals surface area (Å²) in [6, 6.07) is 0. The molecule has 1 aliphatic rings. The minimum Gasteiger partial charge on any atom is -0.481 e. The third-order valence-corrected chi connectivity index (χ3v) is 3.03. The molecule has 0 spiro atoms. The Labute approximate surface area is 102 Å². The molecule has 2 N–H and O–H groups in total. The Morgan fingerprint density at radius 2 is 1.94 bits per heavy atom. The van der Waals surface area contributed by atoms with Crippen LogP contribution in [0.4, 0.5) is 0 Å². The van der Waals surface area contributed by atoms with Crippen LogP contribution >= 0.6 is 0 Å². The van der Waals surface area contributed by atoms with Crippen LogP contribution in [0.15, 0.2) is 0 Å². The molecular formula is C12H22N2O3. The van der Waals surface area contributed by atoms with Gasteiger partial charge in [-0.05, 0) is 25.3 Å². The molecule has 5 heteroatoms. The van der Waals surface area contributed by atoms with E-state index in [-0.39, 0.29) is 11.8 Å². The van der Waals surface area contributed by atoms with Crippen molar-refractivity contribution in [1.29, 1.82) is 0 Å². The van der Waals surface area contributed by atoms with E-state index in [0.29, 0.717) is 38.4 Å². The summed E-state index contributed by atoms with van der Waals surface area (Å²) >= 11 is 0. The number of nitrogens with zero attached hydrogens (tertiary/aromatic N) is 1. The number of likely N-dealkylation sites (tertiary alicyclic amines) is 1. The summed E-state index contributed by atoms with van der Waals surface area (Å²) in [5.41, 5.74) is 0. The molecule has 1 heterocycles. The first-order valence-electron chi connectivity index (χ1n) is 6.22. The molecule has 0 atom stereocenters. The van der Waals surface area contributed by atoms with Gasteiger partial charge in [0.1, 0.15) is 0 Å². The number of carbonyl (C=O) groups excluding carboxylic acids is 1. The highest BCUT2D eigenvalue weighted by atomic mass is 16.4. The molecule has 17 heavy (non-hydrogen) atoms. The SMILES string of the molecule is CC(C)CNCC(=O)N1CCC(C(=O)O)CC1. The minimum atomic E-state index is -0.741. The smallest absolute Gasteiger partial charge is 0.306 e. The van der Waals surface area contributed by atoms with Gasteiger partial charge in [0, 0.05) is 13.1 Å². The van der Waals surface area contributed by atoms with E-state index in [0.717, 1.165) is 6.54 Å². The summed E-state index contributed by atoms with van der Waals surface area (Å²) in [7, 11) is 0. The predicted molar refractivity (Wildman–Crippen MR) is 64.6 cm³/mol. The number of carboxylic acids is 1. The second-order valence-corrected chi connectivity index (χ2v) is 5.02. The average molecular weight is 242 g/mol. The number of rotatable bonds is 5. The molecule has 0 saturated carbocycles. The van der Waals surface area contributed by atoms with Crippen LogP contribution in [0.2, 0.25) is 0 Å². The summed E-state index contributed by atoms with van der Waals surface area (Å²) in [6.07, 6.45) is 1.15. The molecule has 0 aromatic heterocycles. The Morgan fingerprint density at radius 1 is 1.35 bits per heavy atom. The van der Waals surface area contributed by atoms with Crippen LogP contribution in [0.25, 0.3) is 0 Å². The van der Waals surface area contributed by atoms with Gasteiger partial charge in [-0.3, -0.25) is 9.59 Å². The molecule has 0 unspecified atom stereocenters. The fourth-order valence-corrected chi connectivity index (χ4v) is 1.96. The first-order chi connectivity index (χ1) is 8.00. The maximum atomic E-state index is 11.8. The monoisotopic (exact) mass is 242 g/mol. The van der Waals surface area contributed by atoms with Gasteiger partial charge in [0.2, 0.25) is 5.91 Å². The summed E-state index contributed by atoms with van der Waals surface area (Å²) in [4.78, 5) is 24.3. The van der Waals surface area contributed by atoms with Crippen molar-refractivity contribution in [2.75, 3.05) is 26.2 Å². The average Bonchev–Trinajstić information content (AvgIpc) is 2.28. The number of aliphatic carboxylic acids is 1. The van der Waals surface area contributed by atoms with E-state index in [1.807, 2.05) is 0 Å². The number of carbonyl (C=O) groups is 2. The fourth-order valence-electron chi connectivity index (χ4n) is 1.96. The van der Waals surface area contributed by atoms with Crippen LogP contribution in [0, 0.1) is 11.8 Å². The maximum absolute atomic E-state index is 11.8. The molecule has 1 saturated heterocycles. The topological polar surface area (TPSA) is 69.6 Å². The Balaban J connectivity index is 2.24. The molecule has 1 fully saturated rings. The number of hydrogen-bond donors (Lipinski definition) is 2. The second kappa shape index (κ2) is 6.59. The Bertz CT molecular complexity index is 271. The molecule has 0 aromatic rings. The Morgan fingerprint density at radius 3 is 2.41 bits per heavy atom. The van der Waals surface area contributed by atoms with Gasteiger partial charge >= 0.3 is 5.97 Å². The van der Waals surface area contributed by atoms with Gasteiger partial charge in [-0.15, -0.1) is 0 Å². The molecule has 1 rings (SSSR count). The second-order valence-electron chi connectivity index (χ2n) is 5.02. The number of hydrogen-bond acceptors (Lipinski definition) is 3. The van der Waals surface area contributed by atoms with E-state index < -0.39 is 5.97 Å². The van der Waals surface area contributed by atoms with Gasteiger partial charge in [-0.2, -0.15) is 0 Å². The van der Waals surface area contributed by atoms with Gasteiger partial charge in [-0.25, -0.2) is 0 Å². The summed E-state index contributed by atoms with van der Waals surface area (Å²) in [6.45, 7) is 6.51. The van der Waals surface area contributed by atoms with E-state index >= 15 is 0 Å². The van der Waals surface area contributed by atoms with E-state index in [2.05, 4.69) is 19.2 Å².